The van der Waals surface area contributed by atoms with E-state index in [4.69, 9.17) is 0 Å². The number of nitrogens with one attached hydrogen (secondary N) is 1. The van der Waals surface area contributed by atoms with Gasteiger partial charge in [0.15, 0.2) is 0 Å². The second-order valence-electron chi connectivity index (χ2n) is 6.79. The van der Waals surface area contributed by atoms with Gasteiger partial charge in [-0.2, -0.15) is 0 Å². The Labute approximate surface area is 155 Å². The third-order valence-corrected chi connectivity index (χ3v) is 5.84. The van der Waals surface area contributed by atoms with Crippen LogP contribution in [0.1, 0.15) is 35.6 Å². The summed E-state index contributed by atoms with van der Waals surface area (Å²) in [5.74, 6) is -0.0147. The molecule has 2 aromatic rings. The van der Waals surface area contributed by atoms with Gasteiger partial charge in [0, 0.05) is 13.0 Å². The van der Waals surface area contributed by atoms with Gasteiger partial charge in [-0.25, -0.2) is 8.42 Å². The van der Waals surface area contributed by atoms with E-state index in [1.165, 1.54) is 16.1 Å². The van der Waals surface area contributed by atoms with Crippen molar-refractivity contribution in [3.05, 3.63) is 65.2 Å². The molecule has 0 aromatic heterocycles. The van der Waals surface area contributed by atoms with Gasteiger partial charge >= 0.3 is 0 Å². The maximum Gasteiger partial charge on any atom is 0.232 e. The van der Waals surface area contributed by atoms with Crippen molar-refractivity contribution >= 4 is 21.6 Å². The van der Waals surface area contributed by atoms with Gasteiger partial charge in [0.05, 0.1) is 18.0 Å². The van der Waals surface area contributed by atoms with Crippen LogP contribution in [0.5, 0.6) is 0 Å². The second kappa shape index (κ2) is 7.50. The quantitative estimate of drug-likeness (QED) is 0.877. The van der Waals surface area contributed by atoms with Crippen LogP contribution in [0.2, 0.25) is 0 Å². The van der Waals surface area contributed by atoms with Gasteiger partial charge in [0.25, 0.3) is 0 Å². The molecule has 5 nitrogen and oxygen atoms in total. The Morgan fingerprint density at radius 2 is 1.96 bits per heavy atom. The maximum atomic E-state index is 12.4. The number of benzene rings is 2. The van der Waals surface area contributed by atoms with Gasteiger partial charge in [-0.15, -0.1) is 0 Å². The van der Waals surface area contributed by atoms with E-state index in [-0.39, 0.29) is 11.9 Å². The van der Waals surface area contributed by atoms with Crippen molar-refractivity contribution < 1.29 is 13.2 Å². The van der Waals surface area contributed by atoms with E-state index in [1.54, 1.807) is 6.07 Å². The number of aryl methyl sites for hydroxylation is 2. The van der Waals surface area contributed by atoms with Crippen molar-refractivity contribution in [1.82, 2.24) is 5.32 Å². The van der Waals surface area contributed by atoms with Crippen LogP contribution >= 0.6 is 0 Å². The minimum absolute atomic E-state index is 0.0147. The zero-order valence-corrected chi connectivity index (χ0v) is 15.9. The minimum atomic E-state index is -3.32. The molecule has 0 saturated heterocycles. The van der Waals surface area contributed by atoms with Gasteiger partial charge in [-0.3, -0.25) is 9.10 Å². The highest BCUT2D eigenvalue weighted by molar-refractivity contribution is 7.92. The minimum Gasteiger partial charge on any atom is -0.349 e. The zero-order chi connectivity index (χ0) is 18.7. The number of carbonyl (C=O) groups is 1. The van der Waals surface area contributed by atoms with E-state index < -0.39 is 10.0 Å². The zero-order valence-electron chi connectivity index (χ0n) is 15.1. The summed E-state index contributed by atoms with van der Waals surface area (Å²) in [5, 5.41) is 3.07. The van der Waals surface area contributed by atoms with Crippen LogP contribution in [0, 0.1) is 6.92 Å². The fourth-order valence-corrected chi connectivity index (χ4v) is 4.38. The molecule has 0 spiro atoms. The summed E-state index contributed by atoms with van der Waals surface area (Å²) in [6.07, 6.45) is 2.89. The molecular weight excluding hydrogens is 348 g/mol. The number of fused-ring (bicyclic) bond motifs is 1. The lowest BCUT2D eigenvalue weighted by Crippen LogP contribution is -2.40. The predicted octanol–water partition coefficient (Wildman–Crippen LogP) is 2.95. The molecule has 3 rings (SSSR count). The Balaban J connectivity index is 1.69. The molecule has 0 aliphatic carbocycles. The third kappa shape index (κ3) is 4.25. The summed E-state index contributed by atoms with van der Waals surface area (Å²) in [7, 11) is -3.32. The van der Waals surface area contributed by atoms with Crippen molar-refractivity contribution in [3.8, 4) is 0 Å². The van der Waals surface area contributed by atoms with Crippen molar-refractivity contribution in [2.24, 2.45) is 0 Å². The largest absolute Gasteiger partial charge is 0.349 e. The number of rotatable bonds is 5. The molecule has 0 saturated carbocycles. The number of anilines is 1. The van der Waals surface area contributed by atoms with Crippen LogP contribution in [0.3, 0.4) is 0 Å². The number of para-hydroxylation sites is 1. The first kappa shape index (κ1) is 18.5. The first-order valence-electron chi connectivity index (χ1n) is 8.76. The third-order valence-electron chi connectivity index (χ3n) is 4.66. The Bertz CT molecular complexity index is 909. The molecule has 0 radical (unpaired) electrons. The van der Waals surface area contributed by atoms with Crippen molar-refractivity contribution in [3.63, 3.8) is 0 Å². The van der Waals surface area contributed by atoms with E-state index in [9.17, 15) is 13.2 Å². The highest BCUT2D eigenvalue weighted by atomic mass is 32.2. The first-order chi connectivity index (χ1) is 12.3. The topological polar surface area (TPSA) is 66.5 Å². The number of amides is 1. The molecule has 1 N–H and O–H groups in total. The molecule has 2 aromatic carbocycles. The molecule has 138 valence electrons. The molecule has 1 amide bonds. The van der Waals surface area contributed by atoms with E-state index in [0.717, 1.165) is 11.1 Å². The first-order valence-corrected chi connectivity index (χ1v) is 10.6. The van der Waals surface area contributed by atoms with Crippen LogP contribution in [0.15, 0.2) is 48.5 Å². The molecule has 1 aliphatic rings. The normalized spacial score (nSPS) is 16.8. The van der Waals surface area contributed by atoms with Gasteiger partial charge in [0.2, 0.25) is 15.9 Å². The summed E-state index contributed by atoms with van der Waals surface area (Å²) in [5.41, 5.74) is 3.84. The Morgan fingerprint density at radius 1 is 1.19 bits per heavy atom. The Hall–Kier alpha value is -2.34. The molecule has 1 atom stereocenters. The maximum absolute atomic E-state index is 12.4. The van der Waals surface area contributed by atoms with Gasteiger partial charge in [-0.1, -0.05) is 48.0 Å². The van der Waals surface area contributed by atoms with E-state index >= 15 is 0 Å². The molecule has 26 heavy (non-hydrogen) atoms. The highest BCUT2D eigenvalue weighted by Gasteiger charge is 2.30. The van der Waals surface area contributed by atoms with E-state index in [1.807, 2.05) is 43.3 Å². The van der Waals surface area contributed by atoms with Crippen LogP contribution in [-0.2, 0) is 21.2 Å². The van der Waals surface area contributed by atoms with Gasteiger partial charge in [0.1, 0.15) is 0 Å². The van der Waals surface area contributed by atoms with Crippen molar-refractivity contribution in [2.75, 3.05) is 17.1 Å². The smallest absolute Gasteiger partial charge is 0.232 e. The average molecular weight is 372 g/mol. The van der Waals surface area contributed by atoms with Gasteiger partial charge < -0.3 is 5.32 Å². The highest BCUT2D eigenvalue weighted by Crippen LogP contribution is 2.35. The fraction of sp³-hybridized carbons (Fsp3) is 0.350. The Kier molecular flexibility index (Phi) is 5.32. The van der Waals surface area contributed by atoms with Crippen LogP contribution in [-0.4, -0.2) is 27.1 Å². The molecule has 0 fully saturated rings. The van der Waals surface area contributed by atoms with Crippen molar-refractivity contribution in [2.45, 2.75) is 32.2 Å². The summed E-state index contributed by atoms with van der Waals surface area (Å²) in [6, 6.07) is 15.4. The monoisotopic (exact) mass is 372 g/mol. The number of nitrogens with zero attached hydrogens (tertiary/aromatic N) is 1. The molecule has 1 aliphatic heterocycles. The summed E-state index contributed by atoms with van der Waals surface area (Å²) in [4.78, 5) is 12.4. The van der Waals surface area contributed by atoms with Crippen molar-refractivity contribution in [1.29, 1.82) is 0 Å². The molecule has 1 heterocycles. The fourth-order valence-electron chi connectivity index (χ4n) is 3.42. The SMILES string of the molecule is Cc1cccc(CCC(=O)NC2CCN(S(C)(=O)=O)c3ccccc32)c1. The van der Waals surface area contributed by atoms with E-state index in [2.05, 4.69) is 11.4 Å². The Morgan fingerprint density at radius 3 is 2.69 bits per heavy atom. The molecule has 1 unspecified atom stereocenters. The standard InChI is InChI=1S/C20H24N2O3S/c1-15-6-5-7-16(14-15)10-11-20(23)21-18-12-13-22(26(2,24)25)19-9-4-3-8-17(18)19/h3-9,14,18H,10-13H2,1-2H3,(H,21,23). The lowest BCUT2D eigenvalue weighted by atomic mass is 9.97. The number of sulfonamides is 1. The number of hydrogen-bond donors (Lipinski definition) is 1. The predicted molar refractivity (Wildman–Crippen MR) is 104 cm³/mol. The molecule has 0 bridgehead atoms. The summed E-state index contributed by atoms with van der Waals surface area (Å²) in [6.45, 7) is 2.41. The van der Waals surface area contributed by atoms with Crippen LogP contribution < -0.4 is 9.62 Å². The molecule has 6 heteroatoms. The summed E-state index contributed by atoms with van der Waals surface area (Å²) >= 11 is 0. The lowest BCUT2D eigenvalue weighted by molar-refractivity contribution is -0.121. The van der Waals surface area contributed by atoms with Crippen LogP contribution in [0.25, 0.3) is 0 Å². The van der Waals surface area contributed by atoms with Gasteiger partial charge in [-0.05, 0) is 37.0 Å². The van der Waals surface area contributed by atoms with Crippen LogP contribution in [0.4, 0.5) is 5.69 Å². The number of carbonyl (C=O) groups excluding carboxylic acids is 1. The lowest BCUT2D eigenvalue weighted by Gasteiger charge is -2.34. The van der Waals surface area contributed by atoms with E-state index in [0.29, 0.717) is 31.5 Å². The molecular formula is C20H24N2O3S. The average Bonchev–Trinajstić information content (AvgIpc) is 2.59. The number of hydrogen-bond acceptors (Lipinski definition) is 3. The summed E-state index contributed by atoms with van der Waals surface area (Å²) < 4.78 is 25.4. The second-order valence-corrected chi connectivity index (χ2v) is 8.70.